The van der Waals surface area contributed by atoms with Gasteiger partial charge in [0.25, 0.3) is 0 Å². The predicted octanol–water partition coefficient (Wildman–Crippen LogP) is -0.231. The summed E-state index contributed by atoms with van der Waals surface area (Å²) >= 11 is 0. The fourth-order valence-electron chi connectivity index (χ4n) is 2.56. The van der Waals surface area contributed by atoms with Crippen LogP contribution in [0.1, 0.15) is 18.7 Å². The van der Waals surface area contributed by atoms with E-state index in [1.54, 1.807) is 0 Å². The number of likely N-dealkylation sites (tertiary alicyclic amines) is 1. The maximum absolute atomic E-state index is 12.0. The van der Waals surface area contributed by atoms with Crippen molar-refractivity contribution in [1.29, 1.82) is 0 Å². The van der Waals surface area contributed by atoms with Crippen LogP contribution in [0.4, 0.5) is 0 Å². The zero-order valence-electron chi connectivity index (χ0n) is 11.9. The lowest BCUT2D eigenvalue weighted by Crippen LogP contribution is -2.44. The van der Waals surface area contributed by atoms with Crippen molar-refractivity contribution >= 4 is 11.6 Å². The van der Waals surface area contributed by atoms with Crippen LogP contribution < -0.4 is 11.1 Å². The van der Waals surface area contributed by atoms with Gasteiger partial charge in [0.15, 0.2) is 11.5 Å². The SMILES string of the molecule is NC1CCN(CC(=O)NCc2nnc3ccccn23)CC1. The molecule has 7 nitrogen and oxygen atoms in total. The number of hydrogen-bond acceptors (Lipinski definition) is 5. The van der Waals surface area contributed by atoms with E-state index in [0.717, 1.165) is 37.4 Å². The van der Waals surface area contributed by atoms with Gasteiger partial charge in [-0.25, -0.2) is 0 Å². The molecule has 1 aliphatic rings. The highest BCUT2D eigenvalue weighted by molar-refractivity contribution is 5.77. The van der Waals surface area contributed by atoms with Gasteiger partial charge in [-0.2, -0.15) is 0 Å². The number of rotatable bonds is 4. The Morgan fingerprint density at radius 3 is 2.95 bits per heavy atom. The molecule has 1 amide bonds. The highest BCUT2D eigenvalue weighted by Gasteiger charge is 2.18. The lowest BCUT2D eigenvalue weighted by molar-refractivity contribution is -0.122. The van der Waals surface area contributed by atoms with E-state index in [0.29, 0.717) is 13.1 Å². The summed E-state index contributed by atoms with van der Waals surface area (Å²) in [6.45, 7) is 2.59. The van der Waals surface area contributed by atoms with Gasteiger partial charge in [0.2, 0.25) is 5.91 Å². The maximum Gasteiger partial charge on any atom is 0.234 e. The number of aromatic nitrogens is 3. The predicted molar refractivity (Wildman–Crippen MR) is 78.5 cm³/mol. The number of pyridine rings is 1. The number of piperidine rings is 1. The minimum Gasteiger partial charge on any atom is -0.348 e. The van der Waals surface area contributed by atoms with Gasteiger partial charge in [-0.15, -0.1) is 10.2 Å². The van der Waals surface area contributed by atoms with Crippen LogP contribution in [-0.2, 0) is 11.3 Å². The number of nitrogens with one attached hydrogen (secondary N) is 1. The van der Waals surface area contributed by atoms with E-state index in [1.807, 2.05) is 28.8 Å². The molecule has 3 N–H and O–H groups in total. The van der Waals surface area contributed by atoms with Crippen molar-refractivity contribution in [1.82, 2.24) is 24.8 Å². The highest BCUT2D eigenvalue weighted by atomic mass is 16.2. The second kappa shape index (κ2) is 6.19. The molecule has 3 rings (SSSR count). The van der Waals surface area contributed by atoms with Gasteiger partial charge in [0.1, 0.15) is 0 Å². The Kier molecular flexibility index (Phi) is 4.12. The van der Waals surface area contributed by atoms with E-state index in [1.165, 1.54) is 0 Å². The van der Waals surface area contributed by atoms with Crippen molar-refractivity contribution < 1.29 is 4.79 Å². The number of carbonyl (C=O) groups excluding carboxylic acids is 1. The Bertz CT molecular complexity index is 617. The molecule has 0 radical (unpaired) electrons. The van der Waals surface area contributed by atoms with Gasteiger partial charge >= 0.3 is 0 Å². The van der Waals surface area contributed by atoms with Crippen LogP contribution in [-0.4, -0.2) is 51.1 Å². The Hall–Kier alpha value is -1.99. The molecule has 0 aliphatic carbocycles. The number of fused-ring (bicyclic) bond motifs is 1. The zero-order chi connectivity index (χ0) is 14.7. The van der Waals surface area contributed by atoms with Crippen molar-refractivity contribution in [2.45, 2.75) is 25.4 Å². The largest absolute Gasteiger partial charge is 0.348 e. The number of amides is 1. The van der Waals surface area contributed by atoms with Crippen LogP contribution in [0.3, 0.4) is 0 Å². The summed E-state index contributed by atoms with van der Waals surface area (Å²) in [6.07, 6.45) is 3.81. The molecule has 0 aromatic carbocycles. The molecule has 2 aromatic heterocycles. The van der Waals surface area contributed by atoms with Crippen LogP contribution in [0.25, 0.3) is 5.65 Å². The third-order valence-corrected chi connectivity index (χ3v) is 3.83. The smallest absolute Gasteiger partial charge is 0.234 e. The van der Waals surface area contributed by atoms with E-state index in [-0.39, 0.29) is 11.9 Å². The summed E-state index contributed by atoms with van der Waals surface area (Å²) in [4.78, 5) is 14.1. The summed E-state index contributed by atoms with van der Waals surface area (Å²) in [5.74, 6) is 0.748. The van der Waals surface area contributed by atoms with E-state index in [4.69, 9.17) is 5.73 Å². The van der Waals surface area contributed by atoms with Crippen molar-refractivity contribution in [2.24, 2.45) is 5.73 Å². The van der Waals surface area contributed by atoms with E-state index in [2.05, 4.69) is 20.4 Å². The van der Waals surface area contributed by atoms with Crippen LogP contribution in [0.2, 0.25) is 0 Å². The molecule has 1 saturated heterocycles. The monoisotopic (exact) mass is 288 g/mol. The molecule has 0 spiro atoms. The molecular formula is C14H20N6O. The minimum atomic E-state index is 0.0122. The van der Waals surface area contributed by atoms with E-state index in [9.17, 15) is 4.79 Å². The van der Waals surface area contributed by atoms with Crippen LogP contribution in [0.15, 0.2) is 24.4 Å². The summed E-state index contributed by atoms with van der Waals surface area (Å²) < 4.78 is 1.88. The van der Waals surface area contributed by atoms with Gasteiger partial charge in [-0.3, -0.25) is 14.1 Å². The zero-order valence-corrected chi connectivity index (χ0v) is 11.9. The first-order valence-corrected chi connectivity index (χ1v) is 7.25. The molecule has 0 atom stereocenters. The number of hydrogen-bond donors (Lipinski definition) is 2. The lowest BCUT2D eigenvalue weighted by atomic mass is 10.1. The standard InChI is InChI=1S/C14H20N6O/c15-11-4-7-19(8-5-11)10-14(21)16-9-13-18-17-12-3-1-2-6-20(12)13/h1-3,6,11H,4-5,7-10,15H2,(H,16,21). The average Bonchev–Trinajstić information content (AvgIpc) is 2.91. The molecule has 1 fully saturated rings. The Morgan fingerprint density at radius 1 is 1.33 bits per heavy atom. The van der Waals surface area contributed by atoms with Gasteiger partial charge in [0.05, 0.1) is 13.1 Å². The van der Waals surface area contributed by atoms with Crippen LogP contribution in [0.5, 0.6) is 0 Å². The molecule has 3 heterocycles. The Labute approximate surface area is 123 Å². The summed E-state index contributed by atoms with van der Waals surface area (Å²) in [5.41, 5.74) is 6.64. The first-order chi connectivity index (χ1) is 10.2. The molecule has 0 unspecified atom stereocenters. The summed E-state index contributed by atoms with van der Waals surface area (Å²) in [6, 6.07) is 5.99. The number of nitrogens with zero attached hydrogens (tertiary/aromatic N) is 4. The molecule has 1 aliphatic heterocycles. The summed E-state index contributed by atoms with van der Waals surface area (Å²) in [7, 11) is 0. The third-order valence-electron chi connectivity index (χ3n) is 3.83. The molecule has 7 heteroatoms. The normalized spacial score (nSPS) is 17.2. The molecule has 2 aromatic rings. The molecule has 0 bridgehead atoms. The molecule has 0 saturated carbocycles. The fraction of sp³-hybridized carbons (Fsp3) is 0.500. The lowest BCUT2D eigenvalue weighted by Gasteiger charge is -2.29. The van der Waals surface area contributed by atoms with Gasteiger partial charge < -0.3 is 11.1 Å². The number of nitrogens with two attached hydrogens (primary N) is 1. The summed E-state index contributed by atoms with van der Waals surface area (Å²) in [5, 5.41) is 11.1. The van der Waals surface area contributed by atoms with Crippen molar-refractivity contribution in [2.75, 3.05) is 19.6 Å². The molecule has 21 heavy (non-hydrogen) atoms. The van der Waals surface area contributed by atoms with Gasteiger partial charge in [-0.05, 0) is 25.0 Å². The maximum atomic E-state index is 12.0. The van der Waals surface area contributed by atoms with Crippen LogP contribution in [0, 0.1) is 0 Å². The molecular weight excluding hydrogens is 268 g/mol. The van der Waals surface area contributed by atoms with E-state index < -0.39 is 0 Å². The van der Waals surface area contributed by atoms with Gasteiger partial charge in [0, 0.05) is 25.3 Å². The topological polar surface area (TPSA) is 88.5 Å². The van der Waals surface area contributed by atoms with Crippen molar-refractivity contribution in [3.05, 3.63) is 30.2 Å². The number of carbonyl (C=O) groups is 1. The minimum absolute atomic E-state index is 0.0122. The molecule has 112 valence electrons. The Balaban J connectivity index is 1.52. The first kappa shape index (κ1) is 14.0. The van der Waals surface area contributed by atoms with Crippen LogP contribution >= 0.6 is 0 Å². The third kappa shape index (κ3) is 3.37. The first-order valence-electron chi connectivity index (χ1n) is 7.25. The fourth-order valence-corrected chi connectivity index (χ4v) is 2.56. The van der Waals surface area contributed by atoms with Crippen molar-refractivity contribution in [3.63, 3.8) is 0 Å². The quantitative estimate of drug-likeness (QED) is 0.811. The second-order valence-corrected chi connectivity index (χ2v) is 5.44. The van der Waals surface area contributed by atoms with E-state index >= 15 is 0 Å². The second-order valence-electron chi connectivity index (χ2n) is 5.44. The van der Waals surface area contributed by atoms with Gasteiger partial charge in [-0.1, -0.05) is 6.07 Å². The highest BCUT2D eigenvalue weighted by Crippen LogP contribution is 2.07. The van der Waals surface area contributed by atoms with Crippen molar-refractivity contribution in [3.8, 4) is 0 Å². The Morgan fingerprint density at radius 2 is 2.14 bits per heavy atom. The average molecular weight is 288 g/mol.